The number of carbonyl (C=O) groups excluding carboxylic acids is 1. The van der Waals surface area contributed by atoms with Crippen LogP contribution in [-0.2, 0) is 4.74 Å². The van der Waals surface area contributed by atoms with E-state index in [0.29, 0.717) is 24.3 Å². The standard InChI is InChI=1S/C21H27F2N5O2S/c1-13-15(25-14-8-10-28(11-9-14)20(29)30-21(2,3)4)12-24-19(18(13)23)31-27-17-7-5-6-16(22)26-17/h5-7,12,14,25H,8-11H2,1-4H3,(H,26,27). The Morgan fingerprint density at radius 1 is 1.26 bits per heavy atom. The molecule has 10 heteroatoms. The van der Waals surface area contributed by atoms with Gasteiger partial charge in [-0.3, -0.25) is 0 Å². The zero-order valence-electron chi connectivity index (χ0n) is 18.0. The maximum atomic E-state index is 14.8. The highest BCUT2D eigenvalue weighted by Gasteiger charge is 2.27. The fraction of sp³-hybridized carbons (Fsp3) is 0.476. The minimum absolute atomic E-state index is 0.103. The van der Waals surface area contributed by atoms with Crippen molar-refractivity contribution < 1.29 is 18.3 Å². The Morgan fingerprint density at radius 3 is 2.61 bits per heavy atom. The van der Waals surface area contributed by atoms with Gasteiger partial charge in [-0.05, 0) is 52.7 Å². The van der Waals surface area contributed by atoms with E-state index in [1.54, 1.807) is 24.1 Å². The van der Waals surface area contributed by atoms with Crippen LogP contribution in [0.2, 0.25) is 0 Å². The average molecular weight is 452 g/mol. The number of ether oxygens (including phenoxy) is 1. The summed E-state index contributed by atoms with van der Waals surface area (Å²) in [5.41, 5.74) is 0.536. The summed E-state index contributed by atoms with van der Waals surface area (Å²) in [6.07, 6.45) is 2.73. The number of piperidine rings is 1. The molecule has 0 radical (unpaired) electrons. The highest BCUT2D eigenvalue weighted by Crippen LogP contribution is 2.28. The van der Waals surface area contributed by atoms with Gasteiger partial charge in [-0.15, -0.1) is 0 Å². The molecule has 2 aromatic heterocycles. The molecule has 168 valence electrons. The lowest BCUT2D eigenvalue weighted by atomic mass is 10.0. The molecule has 7 nitrogen and oxygen atoms in total. The van der Waals surface area contributed by atoms with Gasteiger partial charge in [0.25, 0.3) is 0 Å². The zero-order valence-corrected chi connectivity index (χ0v) is 18.9. The van der Waals surface area contributed by atoms with Crippen molar-refractivity contribution in [3.8, 4) is 0 Å². The maximum Gasteiger partial charge on any atom is 0.410 e. The van der Waals surface area contributed by atoms with Gasteiger partial charge in [-0.1, -0.05) is 6.07 Å². The Bertz CT molecular complexity index is 930. The summed E-state index contributed by atoms with van der Waals surface area (Å²) in [6, 6.07) is 4.44. The fourth-order valence-corrected chi connectivity index (χ4v) is 3.75. The molecule has 0 unspecified atom stereocenters. The van der Waals surface area contributed by atoms with E-state index >= 15 is 0 Å². The number of aromatic nitrogens is 2. The topological polar surface area (TPSA) is 79.4 Å². The second-order valence-electron chi connectivity index (χ2n) is 8.35. The number of nitrogens with one attached hydrogen (secondary N) is 2. The Hall–Kier alpha value is -2.62. The molecule has 3 rings (SSSR count). The van der Waals surface area contributed by atoms with Crippen LogP contribution in [-0.4, -0.2) is 45.7 Å². The van der Waals surface area contributed by atoms with Crippen molar-refractivity contribution in [1.82, 2.24) is 14.9 Å². The second-order valence-corrected chi connectivity index (χ2v) is 9.15. The van der Waals surface area contributed by atoms with Crippen LogP contribution in [0.25, 0.3) is 0 Å². The quantitative estimate of drug-likeness (QED) is 0.489. The minimum Gasteiger partial charge on any atom is -0.444 e. The van der Waals surface area contributed by atoms with E-state index in [4.69, 9.17) is 4.74 Å². The van der Waals surface area contributed by atoms with Gasteiger partial charge in [0.15, 0.2) is 10.8 Å². The number of amides is 1. The predicted octanol–water partition coefficient (Wildman–Crippen LogP) is 4.99. The van der Waals surface area contributed by atoms with Gasteiger partial charge >= 0.3 is 6.09 Å². The molecule has 0 aromatic carbocycles. The third kappa shape index (κ3) is 6.43. The van der Waals surface area contributed by atoms with E-state index < -0.39 is 17.4 Å². The smallest absolute Gasteiger partial charge is 0.410 e. The molecule has 2 N–H and O–H groups in total. The molecule has 3 heterocycles. The normalized spacial score (nSPS) is 15.0. The van der Waals surface area contributed by atoms with Crippen molar-refractivity contribution in [2.75, 3.05) is 23.1 Å². The number of rotatable bonds is 5. The summed E-state index contributed by atoms with van der Waals surface area (Å²) in [5.74, 6) is -0.791. The summed E-state index contributed by atoms with van der Waals surface area (Å²) in [5, 5.41) is 3.48. The summed E-state index contributed by atoms with van der Waals surface area (Å²) in [7, 11) is 0. The summed E-state index contributed by atoms with van der Waals surface area (Å²) < 4.78 is 36.2. The van der Waals surface area contributed by atoms with Crippen molar-refractivity contribution in [3.05, 3.63) is 41.7 Å². The van der Waals surface area contributed by atoms with Gasteiger partial charge in [0, 0.05) is 36.6 Å². The van der Waals surface area contributed by atoms with E-state index in [9.17, 15) is 13.6 Å². The number of pyridine rings is 2. The average Bonchev–Trinajstić information content (AvgIpc) is 2.70. The molecule has 1 fully saturated rings. The van der Waals surface area contributed by atoms with E-state index in [1.165, 1.54) is 12.1 Å². The minimum atomic E-state index is -0.618. The van der Waals surface area contributed by atoms with Crippen LogP contribution < -0.4 is 10.0 Å². The number of likely N-dealkylation sites (tertiary alicyclic amines) is 1. The number of nitrogens with zero attached hydrogens (tertiary/aromatic N) is 3. The number of hydrogen-bond acceptors (Lipinski definition) is 7. The van der Waals surface area contributed by atoms with Crippen LogP contribution in [0.5, 0.6) is 0 Å². The summed E-state index contributed by atoms with van der Waals surface area (Å²) in [6.45, 7) is 8.35. The first-order valence-electron chi connectivity index (χ1n) is 10.1. The second kappa shape index (κ2) is 9.67. The molecule has 0 bridgehead atoms. The first kappa shape index (κ1) is 23.1. The van der Waals surface area contributed by atoms with Crippen LogP contribution in [0.15, 0.2) is 29.4 Å². The Balaban J connectivity index is 1.56. The molecular weight excluding hydrogens is 424 g/mol. The van der Waals surface area contributed by atoms with Crippen LogP contribution in [0.1, 0.15) is 39.2 Å². The van der Waals surface area contributed by atoms with Crippen molar-refractivity contribution in [3.63, 3.8) is 0 Å². The lowest BCUT2D eigenvalue weighted by Crippen LogP contribution is -2.44. The third-order valence-corrected chi connectivity index (χ3v) is 5.49. The largest absolute Gasteiger partial charge is 0.444 e. The molecular formula is C21H27F2N5O2S. The number of carbonyl (C=O) groups is 1. The predicted molar refractivity (Wildman–Crippen MR) is 117 cm³/mol. The Kier molecular flexibility index (Phi) is 7.19. The van der Waals surface area contributed by atoms with Gasteiger partial charge in [0.05, 0.1) is 11.9 Å². The summed E-state index contributed by atoms with van der Waals surface area (Å²) in [4.78, 5) is 21.7. The zero-order chi connectivity index (χ0) is 22.6. The van der Waals surface area contributed by atoms with E-state index in [2.05, 4.69) is 20.0 Å². The Labute approximate surface area is 185 Å². The van der Waals surface area contributed by atoms with Gasteiger partial charge in [0.1, 0.15) is 11.4 Å². The molecule has 0 saturated carbocycles. The molecule has 0 aliphatic carbocycles. The highest BCUT2D eigenvalue weighted by molar-refractivity contribution is 8.00. The first-order chi connectivity index (χ1) is 14.6. The fourth-order valence-electron chi connectivity index (χ4n) is 3.09. The monoisotopic (exact) mass is 451 g/mol. The lowest BCUT2D eigenvalue weighted by molar-refractivity contribution is 0.0210. The van der Waals surface area contributed by atoms with E-state index in [0.717, 1.165) is 24.8 Å². The molecule has 0 atom stereocenters. The highest BCUT2D eigenvalue weighted by atomic mass is 32.2. The van der Waals surface area contributed by atoms with Gasteiger partial charge in [-0.25, -0.2) is 19.2 Å². The summed E-state index contributed by atoms with van der Waals surface area (Å²) >= 11 is 0.935. The molecule has 1 amide bonds. The van der Waals surface area contributed by atoms with E-state index in [-0.39, 0.29) is 23.0 Å². The first-order valence-corrected chi connectivity index (χ1v) is 10.9. The van der Waals surface area contributed by atoms with E-state index in [1.807, 2.05) is 20.8 Å². The molecule has 1 saturated heterocycles. The van der Waals surface area contributed by atoms with Crippen molar-refractivity contribution in [1.29, 1.82) is 0 Å². The molecule has 1 aliphatic rings. The molecule has 31 heavy (non-hydrogen) atoms. The molecule has 1 aliphatic heterocycles. The van der Waals surface area contributed by atoms with Gasteiger partial charge < -0.3 is 19.7 Å². The van der Waals surface area contributed by atoms with Gasteiger partial charge in [0.2, 0.25) is 5.95 Å². The third-order valence-electron chi connectivity index (χ3n) is 4.71. The SMILES string of the molecule is Cc1c(NC2CCN(C(=O)OC(C)(C)C)CC2)cnc(SNc2cccc(F)n2)c1F. The Morgan fingerprint density at radius 2 is 1.97 bits per heavy atom. The number of anilines is 2. The van der Waals surface area contributed by atoms with Crippen molar-refractivity contribution >= 4 is 29.5 Å². The molecule has 2 aromatic rings. The van der Waals surface area contributed by atoms with Gasteiger partial charge in [-0.2, -0.15) is 4.39 Å². The van der Waals surface area contributed by atoms with Crippen LogP contribution in [0.3, 0.4) is 0 Å². The van der Waals surface area contributed by atoms with Crippen LogP contribution >= 0.6 is 11.9 Å². The van der Waals surface area contributed by atoms with Crippen LogP contribution in [0, 0.1) is 18.7 Å². The van der Waals surface area contributed by atoms with Crippen molar-refractivity contribution in [2.24, 2.45) is 0 Å². The van der Waals surface area contributed by atoms with Crippen molar-refractivity contribution in [2.45, 2.75) is 57.2 Å². The number of halogens is 2. The molecule has 0 spiro atoms. The number of hydrogen-bond donors (Lipinski definition) is 2. The maximum absolute atomic E-state index is 14.8. The van der Waals surface area contributed by atoms with Crippen LogP contribution in [0.4, 0.5) is 25.1 Å². The lowest BCUT2D eigenvalue weighted by Gasteiger charge is -2.34.